The molecular formula is C5H12Si. The highest BCUT2D eigenvalue weighted by Crippen LogP contribution is 2.05. The molecule has 0 nitrogen and oxygen atoms in total. The molecule has 0 saturated carbocycles. The van der Waals surface area contributed by atoms with Gasteiger partial charge in [0, 0.05) is 0 Å². The zero-order chi connectivity index (χ0) is 3.54. The van der Waals surface area contributed by atoms with Gasteiger partial charge in [-0.25, -0.2) is 0 Å². The first-order valence-corrected chi connectivity index (χ1v) is 2.15. The quantitative estimate of drug-likeness (QED) is 0.303. The van der Waals surface area contributed by atoms with Crippen LogP contribution in [0.4, 0.5) is 0 Å². The predicted octanol–water partition coefficient (Wildman–Crippen LogP) is 0.275. The average Bonchev–Trinajstić information content (AvgIpc) is 1.76. The highest BCUT2D eigenvalue weighted by atomic mass is 28.1. The van der Waals surface area contributed by atoms with Crippen LogP contribution in [0.15, 0.2) is 12.2 Å². The van der Waals surface area contributed by atoms with E-state index >= 15 is 0 Å². The van der Waals surface area contributed by atoms with E-state index in [0.29, 0.717) is 0 Å². The molecule has 0 saturated heterocycles. The first-order chi connectivity index (χ1) is 2.50. The lowest BCUT2D eigenvalue weighted by Gasteiger charge is -1.69. The maximum absolute atomic E-state index is 2.24. The van der Waals surface area contributed by atoms with E-state index < -0.39 is 0 Å². The molecule has 0 fully saturated rings. The maximum Gasteiger partial charge on any atom is -0.0149 e. The third-order valence-corrected chi connectivity index (χ3v) is 0.908. The summed E-state index contributed by atoms with van der Waals surface area (Å²) in [5, 5.41) is 0. The Morgan fingerprint density at radius 3 is 1.67 bits per heavy atom. The lowest BCUT2D eigenvalue weighted by atomic mass is 10.4. The molecular weight excluding hydrogens is 88.1 g/mol. The summed E-state index contributed by atoms with van der Waals surface area (Å²) in [6, 6.07) is 0. The zero-order valence-corrected chi connectivity index (χ0v) is 3.28. The normalized spacial score (nSPS) is 17.3. The van der Waals surface area contributed by atoms with Gasteiger partial charge >= 0.3 is 0 Å². The Bertz CT molecular complexity index is 41.9. The summed E-state index contributed by atoms with van der Waals surface area (Å²) >= 11 is 0. The number of hydrogen-bond donors (Lipinski definition) is 0. The first-order valence-electron chi connectivity index (χ1n) is 2.15. The number of hydrogen-bond acceptors (Lipinski definition) is 0. The third-order valence-electron chi connectivity index (χ3n) is 0.908. The van der Waals surface area contributed by atoms with Gasteiger partial charge < -0.3 is 0 Å². The number of rotatable bonds is 0. The van der Waals surface area contributed by atoms with Crippen LogP contribution >= 0.6 is 0 Å². The topological polar surface area (TPSA) is 0 Å². The molecule has 0 radical (unpaired) electrons. The second-order valence-electron chi connectivity index (χ2n) is 1.40. The van der Waals surface area contributed by atoms with Gasteiger partial charge in [-0.15, -0.1) is 0 Å². The van der Waals surface area contributed by atoms with Gasteiger partial charge in [-0.3, -0.25) is 0 Å². The summed E-state index contributed by atoms with van der Waals surface area (Å²) in [5.74, 6) is 0. The Labute approximate surface area is 43.3 Å². The Hall–Kier alpha value is -0.0431. The van der Waals surface area contributed by atoms with Gasteiger partial charge in [0.05, 0.1) is 0 Å². The summed E-state index contributed by atoms with van der Waals surface area (Å²) in [6.07, 6.45) is 8.50. The summed E-state index contributed by atoms with van der Waals surface area (Å²) in [4.78, 5) is 0. The van der Waals surface area contributed by atoms with E-state index in [1.807, 2.05) is 0 Å². The molecule has 0 bridgehead atoms. The van der Waals surface area contributed by atoms with E-state index in [9.17, 15) is 0 Å². The van der Waals surface area contributed by atoms with E-state index in [-0.39, 0.29) is 11.0 Å². The highest BCUT2D eigenvalue weighted by molar-refractivity contribution is 5.75. The fourth-order valence-electron chi connectivity index (χ4n) is 0.589. The maximum atomic E-state index is 2.24. The third kappa shape index (κ3) is 1.41. The molecule has 0 N–H and O–H groups in total. The largest absolute Gasteiger partial charge is 0.0885 e. The van der Waals surface area contributed by atoms with Gasteiger partial charge in [-0.1, -0.05) is 12.2 Å². The smallest absolute Gasteiger partial charge is 0.0149 e. The van der Waals surface area contributed by atoms with Crippen LogP contribution < -0.4 is 0 Å². The summed E-state index contributed by atoms with van der Waals surface area (Å²) in [6.45, 7) is 0. The second kappa shape index (κ2) is 3.16. The van der Waals surface area contributed by atoms with E-state index in [1.54, 1.807) is 0 Å². The zero-order valence-electron chi connectivity index (χ0n) is 3.28. The molecule has 0 spiro atoms. The first kappa shape index (κ1) is 5.96. The van der Waals surface area contributed by atoms with Gasteiger partial charge in [0.15, 0.2) is 0 Å². The molecule has 0 amide bonds. The lowest BCUT2D eigenvalue weighted by molar-refractivity contribution is 0.929. The summed E-state index contributed by atoms with van der Waals surface area (Å²) in [7, 11) is 0. The van der Waals surface area contributed by atoms with Crippen LogP contribution in [-0.2, 0) is 0 Å². The van der Waals surface area contributed by atoms with E-state index in [0.717, 1.165) is 0 Å². The van der Waals surface area contributed by atoms with Crippen LogP contribution in [0.3, 0.4) is 0 Å². The van der Waals surface area contributed by atoms with Crippen LogP contribution in [0.1, 0.15) is 19.3 Å². The molecule has 0 unspecified atom stereocenters. The molecule has 6 heavy (non-hydrogen) atoms. The molecule has 1 aliphatic carbocycles. The minimum atomic E-state index is 0. The van der Waals surface area contributed by atoms with Crippen LogP contribution in [0, 0.1) is 0 Å². The van der Waals surface area contributed by atoms with Gasteiger partial charge in [0.1, 0.15) is 0 Å². The van der Waals surface area contributed by atoms with Crippen LogP contribution in [0.5, 0.6) is 0 Å². The Morgan fingerprint density at radius 1 is 1.00 bits per heavy atom. The van der Waals surface area contributed by atoms with Crippen LogP contribution in [0.25, 0.3) is 0 Å². The monoisotopic (exact) mass is 100 g/mol. The standard InChI is InChI=1S/C5H8.H4Si/c1-2-4-5-3-1;/h1-2H,3-5H2;1H4. The molecule has 0 atom stereocenters. The van der Waals surface area contributed by atoms with Crippen molar-refractivity contribution in [3.05, 3.63) is 12.2 Å². The van der Waals surface area contributed by atoms with Crippen LogP contribution in [0.2, 0.25) is 0 Å². The van der Waals surface area contributed by atoms with Gasteiger partial charge in [-0.2, -0.15) is 0 Å². The van der Waals surface area contributed by atoms with Crippen molar-refractivity contribution >= 4 is 11.0 Å². The predicted molar refractivity (Wildman–Crippen MR) is 34.3 cm³/mol. The van der Waals surface area contributed by atoms with E-state index in [4.69, 9.17) is 0 Å². The van der Waals surface area contributed by atoms with Crippen LogP contribution in [-0.4, -0.2) is 11.0 Å². The molecule has 1 rings (SSSR count). The van der Waals surface area contributed by atoms with E-state index in [2.05, 4.69) is 12.2 Å². The second-order valence-corrected chi connectivity index (χ2v) is 1.40. The summed E-state index contributed by atoms with van der Waals surface area (Å²) < 4.78 is 0. The highest BCUT2D eigenvalue weighted by Gasteiger charge is 1.84. The fourth-order valence-corrected chi connectivity index (χ4v) is 0.589. The van der Waals surface area contributed by atoms with Gasteiger partial charge in [0.2, 0.25) is 0 Å². The minimum absolute atomic E-state index is 0. The van der Waals surface area contributed by atoms with Crippen molar-refractivity contribution in [3.63, 3.8) is 0 Å². The lowest BCUT2D eigenvalue weighted by Crippen LogP contribution is -1.50. The molecule has 0 aromatic heterocycles. The average molecular weight is 100 g/mol. The van der Waals surface area contributed by atoms with E-state index in [1.165, 1.54) is 19.3 Å². The van der Waals surface area contributed by atoms with Crippen molar-refractivity contribution in [2.75, 3.05) is 0 Å². The van der Waals surface area contributed by atoms with Crippen molar-refractivity contribution in [2.24, 2.45) is 0 Å². The molecule has 0 aliphatic heterocycles. The fraction of sp³-hybridized carbons (Fsp3) is 0.600. The van der Waals surface area contributed by atoms with Crippen molar-refractivity contribution < 1.29 is 0 Å². The Kier molecular flexibility index (Phi) is 3.14. The summed E-state index contributed by atoms with van der Waals surface area (Å²) in [5.41, 5.74) is 0. The van der Waals surface area contributed by atoms with Crippen molar-refractivity contribution in [1.82, 2.24) is 0 Å². The van der Waals surface area contributed by atoms with Crippen molar-refractivity contribution in [1.29, 1.82) is 0 Å². The Morgan fingerprint density at radius 2 is 1.50 bits per heavy atom. The molecule has 0 heterocycles. The molecule has 1 heteroatoms. The van der Waals surface area contributed by atoms with Gasteiger partial charge in [0.25, 0.3) is 0 Å². The Balaban J connectivity index is 0.000000250. The molecule has 1 aliphatic rings. The van der Waals surface area contributed by atoms with Gasteiger partial charge in [-0.05, 0) is 30.2 Å². The van der Waals surface area contributed by atoms with Crippen molar-refractivity contribution in [2.45, 2.75) is 19.3 Å². The number of allylic oxidation sites excluding steroid dienone is 2. The minimum Gasteiger partial charge on any atom is -0.0885 e. The van der Waals surface area contributed by atoms with Crippen molar-refractivity contribution in [3.8, 4) is 0 Å². The molecule has 0 aromatic carbocycles. The molecule has 0 aromatic rings. The molecule has 36 valence electrons. The SMILES string of the molecule is C1=CCCC1.[SiH4].